The minimum atomic E-state index is -3.59. The van der Waals surface area contributed by atoms with Crippen LogP contribution in [0.25, 0.3) is 0 Å². The van der Waals surface area contributed by atoms with Gasteiger partial charge in [-0.2, -0.15) is 0 Å². The molecule has 0 aromatic heterocycles. The first-order valence-electron chi connectivity index (χ1n) is 6.70. The van der Waals surface area contributed by atoms with Crippen molar-refractivity contribution in [2.24, 2.45) is 5.92 Å². The van der Waals surface area contributed by atoms with Crippen molar-refractivity contribution in [3.05, 3.63) is 29.6 Å². The van der Waals surface area contributed by atoms with Gasteiger partial charge in [-0.1, -0.05) is 0 Å². The molecule has 2 atom stereocenters. The number of rotatable bonds is 5. The van der Waals surface area contributed by atoms with Gasteiger partial charge in [-0.15, -0.1) is 0 Å². The summed E-state index contributed by atoms with van der Waals surface area (Å²) in [5.41, 5.74) is -0.0997. The highest BCUT2D eigenvalue weighted by molar-refractivity contribution is 7.92. The lowest BCUT2D eigenvalue weighted by atomic mass is 10.1. The number of hydrogen-bond acceptors (Lipinski definition) is 5. The van der Waals surface area contributed by atoms with Crippen molar-refractivity contribution in [3.8, 4) is 0 Å². The van der Waals surface area contributed by atoms with Crippen LogP contribution in [0.4, 0.5) is 10.1 Å². The van der Waals surface area contributed by atoms with Crippen molar-refractivity contribution in [1.82, 2.24) is 10.6 Å². The van der Waals surface area contributed by atoms with Gasteiger partial charge in [-0.3, -0.25) is 9.52 Å². The molecule has 2 rings (SSSR count). The molecule has 1 aliphatic rings. The van der Waals surface area contributed by atoms with E-state index in [-0.39, 0.29) is 23.7 Å². The predicted molar refractivity (Wildman–Crippen MR) is 79.6 cm³/mol. The third kappa shape index (κ3) is 4.39. The summed E-state index contributed by atoms with van der Waals surface area (Å²) >= 11 is 0. The van der Waals surface area contributed by atoms with Crippen LogP contribution in [0.5, 0.6) is 0 Å². The average molecular weight is 331 g/mol. The molecular formula is C13H18FN3O4S. The quantitative estimate of drug-likeness (QED) is 0.582. The van der Waals surface area contributed by atoms with Crippen molar-refractivity contribution in [3.63, 3.8) is 0 Å². The number of anilines is 1. The Bertz CT molecular complexity index is 665. The second kappa shape index (κ2) is 6.59. The first-order chi connectivity index (χ1) is 10.3. The molecule has 7 nitrogen and oxygen atoms in total. The Labute approximate surface area is 128 Å². The maximum absolute atomic E-state index is 13.3. The van der Waals surface area contributed by atoms with Gasteiger partial charge in [-0.05, 0) is 18.2 Å². The highest BCUT2D eigenvalue weighted by Crippen LogP contribution is 2.18. The van der Waals surface area contributed by atoms with Crippen LogP contribution in [-0.2, 0) is 10.0 Å². The number of halogens is 1. The monoisotopic (exact) mass is 331 g/mol. The fourth-order valence-corrected chi connectivity index (χ4v) is 2.82. The largest absolute Gasteiger partial charge is 0.391 e. The van der Waals surface area contributed by atoms with Crippen molar-refractivity contribution in [2.75, 3.05) is 30.6 Å². The normalized spacial score (nSPS) is 21.6. The average Bonchev–Trinajstić information content (AvgIpc) is 2.82. The van der Waals surface area contributed by atoms with E-state index in [0.717, 1.165) is 18.4 Å². The van der Waals surface area contributed by atoms with E-state index in [1.54, 1.807) is 0 Å². The standard InChI is InChI=1S/C13H18FN3O4S/c1-22(20,21)17-11-3-2-9(14)4-10(11)13(19)16-6-8-5-15-7-12(8)18/h2-4,8,12,15,17-18H,5-7H2,1H3,(H,16,19). The molecule has 0 spiro atoms. The van der Waals surface area contributed by atoms with Gasteiger partial charge < -0.3 is 15.7 Å². The molecule has 9 heteroatoms. The number of carbonyl (C=O) groups excluding carboxylic acids is 1. The van der Waals surface area contributed by atoms with Gasteiger partial charge in [0.1, 0.15) is 5.82 Å². The Morgan fingerprint density at radius 2 is 2.18 bits per heavy atom. The zero-order valence-corrected chi connectivity index (χ0v) is 12.8. The molecule has 1 aromatic carbocycles. The molecule has 1 aliphatic heterocycles. The van der Waals surface area contributed by atoms with E-state index in [0.29, 0.717) is 13.1 Å². The molecule has 1 aromatic rings. The lowest BCUT2D eigenvalue weighted by Gasteiger charge is -2.15. The summed E-state index contributed by atoms with van der Waals surface area (Å²) in [6.07, 6.45) is 0.389. The molecule has 22 heavy (non-hydrogen) atoms. The molecule has 0 radical (unpaired) electrons. The molecule has 1 saturated heterocycles. The zero-order chi connectivity index (χ0) is 16.3. The zero-order valence-electron chi connectivity index (χ0n) is 12.0. The fourth-order valence-electron chi connectivity index (χ4n) is 2.24. The van der Waals surface area contributed by atoms with E-state index < -0.39 is 27.9 Å². The van der Waals surface area contributed by atoms with Gasteiger partial charge >= 0.3 is 0 Å². The van der Waals surface area contributed by atoms with Crippen molar-refractivity contribution < 1.29 is 22.7 Å². The third-order valence-electron chi connectivity index (χ3n) is 3.35. The maximum Gasteiger partial charge on any atom is 0.253 e. The molecule has 0 aliphatic carbocycles. The summed E-state index contributed by atoms with van der Waals surface area (Å²) in [6.45, 7) is 1.24. The Kier molecular flexibility index (Phi) is 4.99. The number of aliphatic hydroxyl groups is 1. The Balaban J connectivity index is 2.12. The molecular weight excluding hydrogens is 313 g/mol. The van der Waals surface area contributed by atoms with Gasteiger partial charge in [0, 0.05) is 25.6 Å². The second-order valence-electron chi connectivity index (χ2n) is 5.26. The van der Waals surface area contributed by atoms with E-state index in [2.05, 4.69) is 15.4 Å². The van der Waals surface area contributed by atoms with Crippen LogP contribution in [0.1, 0.15) is 10.4 Å². The number of carbonyl (C=O) groups is 1. The van der Waals surface area contributed by atoms with E-state index in [9.17, 15) is 22.7 Å². The SMILES string of the molecule is CS(=O)(=O)Nc1ccc(F)cc1C(=O)NCC1CNCC1O. The minimum absolute atomic E-state index is 0.00601. The van der Waals surface area contributed by atoms with Crippen LogP contribution in [0.15, 0.2) is 18.2 Å². The smallest absolute Gasteiger partial charge is 0.253 e. The number of amides is 1. The highest BCUT2D eigenvalue weighted by atomic mass is 32.2. The molecule has 1 heterocycles. The van der Waals surface area contributed by atoms with Gasteiger partial charge in [0.2, 0.25) is 10.0 Å². The summed E-state index contributed by atoms with van der Waals surface area (Å²) in [4.78, 5) is 12.2. The Hall–Kier alpha value is -1.71. The van der Waals surface area contributed by atoms with Crippen LogP contribution in [0, 0.1) is 11.7 Å². The molecule has 122 valence electrons. The van der Waals surface area contributed by atoms with E-state index >= 15 is 0 Å². The van der Waals surface area contributed by atoms with Crippen molar-refractivity contribution in [2.45, 2.75) is 6.10 Å². The van der Waals surface area contributed by atoms with Gasteiger partial charge in [0.25, 0.3) is 5.91 Å². The number of β-amino-alcohol motifs (C(OH)–C–C–N with tert-alkyl or cyclic N) is 1. The molecule has 2 unspecified atom stereocenters. The van der Waals surface area contributed by atoms with Crippen molar-refractivity contribution in [1.29, 1.82) is 0 Å². The molecule has 0 bridgehead atoms. The van der Waals surface area contributed by atoms with Crippen LogP contribution in [0.3, 0.4) is 0 Å². The van der Waals surface area contributed by atoms with E-state index in [1.165, 1.54) is 6.07 Å². The third-order valence-corrected chi connectivity index (χ3v) is 3.94. The summed E-state index contributed by atoms with van der Waals surface area (Å²) in [7, 11) is -3.59. The summed E-state index contributed by atoms with van der Waals surface area (Å²) in [6, 6.07) is 3.22. The number of nitrogens with one attached hydrogen (secondary N) is 3. The Morgan fingerprint density at radius 1 is 1.45 bits per heavy atom. The number of hydrogen-bond donors (Lipinski definition) is 4. The first kappa shape index (κ1) is 16.7. The van der Waals surface area contributed by atoms with Crippen LogP contribution in [0.2, 0.25) is 0 Å². The Morgan fingerprint density at radius 3 is 2.77 bits per heavy atom. The molecule has 0 saturated carbocycles. The topological polar surface area (TPSA) is 108 Å². The molecule has 4 N–H and O–H groups in total. The summed E-state index contributed by atoms with van der Waals surface area (Å²) in [5, 5.41) is 15.2. The van der Waals surface area contributed by atoms with Gasteiger partial charge in [-0.25, -0.2) is 12.8 Å². The van der Waals surface area contributed by atoms with Crippen LogP contribution in [-0.4, -0.2) is 51.4 Å². The van der Waals surface area contributed by atoms with Gasteiger partial charge in [0.05, 0.1) is 23.6 Å². The van der Waals surface area contributed by atoms with Crippen molar-refractivity contribution >= 4 is 21.6 Å². The maximum atomic E-state index is 13.3. The molecule has 1 fully saturated rings. The second-order valence-corrected chi connectivity index (χ2v) is 7.01. The first-order valence-corrected chi connectivity index (χ1v) is 8.60. The number of sulfonamides is 1. The van der Waals surface area contributed by atoms with Gasteiger partial charge in [0.15, 0.2) is 0 Å². The summed E-state index contributed by atoms with van der Waals surface area (Å²) in [5.74, 6) is -1.39. The number of aliphatic hydroxyl groups excluding tert-OH is 1. The van der Waals surface area contributed by atoms with Crippen LogP contribution >= 0.6 is 0 Å². The highest BCUT2D eigenvalue weighted by Gasteiger charge is 2.25. The fraction of sp³-hybridized carbons (Fsp3) is 0.462. The van der Waals surface area contributed by atoms with E-state index in [4.69, 9.17) is 0 Å². The van der Waals surface area contributed by atoms with E-state index in [1.807, 2.05) is 0 Å². The van der Waals surface area contributed by atoms with Crippen LogP contribution < -0.4 is 15.4 Å². The predicted octanol–water partition coefficient (Wildman–Crippen LogP) is -0.493. The lowest BCUT2D eigenvalue weighted by molar-refractivity contribution is 0.0927. The minimum Gasteiger partial charge on any atom is -0.391 e. The molecule has 1 amide bonds. The lowest BCUT2D eigenvalue weighted by Crippen LogP contribution is -2.34. The number of benzene rings is 1. The summed E-state index contributed by atoms with van der Waals surface area (Å²) < 4.78 is 38.1.